The lowest BCUT2D eigenvalue weighted by atomic mass is 9.92. The lowest BCUT2D eigenvalue weighted by molar-refractivity contribution is -0.140. The molecule has 0 spiro atoms. The van der Waals surface area contributed by atoms with E-state index in [0.717, 1.165) is 28.1 Å². The molecule has 0 aliphatic carbocycles. The highest BCUT2D eigenvalue weighted by atomic mass is 79.9. The van der Waals surface area contributed by atoms with Crippen molar-refractivity contribution in [2.75, 3.05) is 24.5 Å². The minimum absolute atomic E-state index is 0.109. The number of halogens is 2. The van der Waals surface area contributed by atoms with Gasteiger partial charge in [-0.1, -0.05) is 60.4 Å². The lowest BCUT2D eigenvalue weighted by Crippen LogP contribution is -2.53. The van der Waals surface area contributed by atoms with Gasteiger partial charge in [0, 0.05) is 40.2 Å². The molecule has 1 atom stereocenters. The number of hydrogen-bond acceptors (Lipinski definition) is 2. The Balaban J connectivity index is 1.97. The summed E-state index contributed by atoms with van der Waals surface area (Å²) in [5.41, 5.74) is 3.16. The average molecular weight is 450 g/mol. The summed E-state index contributed by atoms with van der Waals surface area (Å²) >= 11 is 9.68. The van der Waals surface area contributed by atoms with Crippen LogP contribution in [0.2, 0.25) is 5.02 Å². The number of anilines is 1. The normalized spacial score (nSPS) is 17.9. The van der Waals surface area contributed by atoms with E-state index in [2.05, 4.69) is 58.1 Å². The molecule has 0 aromatic heterocycles. The first-order chi connectivity index (χ1) is 12.7. The first-order valence-electron chi connectivity index (χ1n) is 9.24. The number of benzene rings is 2. The summed E-state index contributed by atoms with van der Waals surface area (Å²) in [6, 6.07) is 14.5. The van der Waals surface area contributed by atoms with E-state index in [9.17, 15) is 4.79 Å². The molecule has 1 aliphatic rings. The molecule has 1 aliphatic heterocycles. The fraction of sp³-hybridized carbons (Fsp3) is 0.409. The third-order valence-electron chi connectivity index (χ3n) is 5.03. The van der Waals surface area contributed by atoms with Crippen LogP contribution in [-0.2, 0) is 4.79 Å². The van der Waals surface area contributed by atoms with Crippen molar-refractivity contribution in [2.45, 2.75) is 33.7 Å². The van der Waals surface area contributed by atoms with Crippen LogP contribution in [-0.4, -0.2) is 30.4 Å². The fourth-order valence-electron chi connectivity index (χ4n) is 3.64. The highest BCUT2D eigenvalue weighted by Gasteiger charge is 2.35. The maximum absolute atomic E-state index is 12.9. The Morgan fingerprint density at radius 3 is 2.37 bits per heavy atom. The number of amides is 1. The van der Waals surface area contributed by atoms with Crippen LogP contribution in [0.5, 0.6) is 0 Å². The second kappa shape index (κ2) is 7.84. The molecule has 5 heteroatoms. The second-order valence-corrected chi connectivity index (χ2v) is 9.54. The molecule has 0 radical (unpaired) electrons. The maximum atomic E-state index is 12.9. The zero-order valence-electron chi connectivity index (χ0n) is 16.3. The van der Waals surface area contributed by atoms with Gasteiger partial charge in [-0.2, -0.15) is 0 Å². The molecule has 3 rings (SSSR count). The van der Waals surface area contributed by atoms with Crippen molar-refractivity contribution in [2.24, 2.45) is 5.41 Å². The van der Waals surface area contributed by atoms with Crippen LogP contribution in [0.25, 0.3) is 0 Å². The van der Waals surface area contributed by atoms with Crippen LogP contribution in [0.4, 0.5) is 5.69 Å². The van der Waals surface area contributed by atoms with Crippen molar-refractivity contribution in [1.29, 1.82) is 0 Å². The maximum Gasteiger partial charge on any atom is 0.228 e. The molecule has 2 aromatic rings. The Morgan fingerprint density at radius 2 is 1.78 bits per heavy atom. The largest absolute Gasteiger partial charge is 0.361 e. The van der Waals surface area contributed by atoms with E-state index >= 15 is 0 Å². The van der Waals surface area contributed by atoms with Crippen LogP contribution in [0, 0.1) is 12.3 Å². The molecule has 0 bridgehead atoms. The summed E-state index contributed by atoms with van der Waals surface area (Å²) < 4.78 is 1.05. The molecule has 27 heavy (non-hydrogen) atoms. The van der Waals surface area contributed by atoms with E-state index in [4.69, 9.17) is 11.6 Å². The topological polar surface area (TPSA) is 23.6 Å². The number of carbonyl (C=O) groups excluding carboxylic acids is 1. The number of nitrogens with zero attached hydrogens (tertiary/aromatic N) is 2. The summed E-state index contributed by atoms with van der Waals surface area (Å²) in [6.07, 6.45) is 0. The van der Waals surface area contributed by atoms with Crippen molar-refractivity contribution < 1.29 is 4.79 Å². The Hall–Kier alpha value is -1.52. The Kier molecular flexibility index (Phi) is 5.87. The van der Waals surface area contributed by atoms with Gasteiger partial charge in [0.25, 0.3) is 0 Å². The van der Waals surface area contributed by atoms with Crippen LogP contribution >= 0.6 is 27.5 Å². The molecular weight excluding hydrogens is 424 g/mol. The third-order valence-corrected chi connectivity index (χ3v) is 5.80. The van der Waals surface area contributed by atoms with Gasteiger partial charge in [-0.25, -0.2) is 0 Å². The minimum atomic E-state index is -0.372. The average Bonchev–Trinajstić information content (AvgIpc) is 2.61. The summed E-state index contributed by atoms with van der Waals surface area (Å²) in [7, 11) is 0. The van der Waals surface area contributed by atoms with E-state index in [1.165, 1.54) is 11.3 Å². The molecule has 1 unspecified atom stereocenters. The van der Waals surface area contributed by atoms with Gasteiger partial charge in [0.1, 0.15) is 0 Å². The zero-order chi connectivity index (χ0) is 19.8. The van der Waals surface area contributed by atoms with E-state index in [1.54, 1.807) is 0 Å². The monoisotopic (exact) mass is 448 g/mol. The molecule has 1 amide bonds. The lowest BCUT2D eigenvalue weighted by Gasteiger charge is -2.45. The molecule has 144 valence electrons. The highest BCUT2D eigenvalue weighted by Crippen LogP contribution is 2.35. The molecule has 3 nitrogen and oxygen atoms in total. The molecular formula is C22H26BrClN2O. The van der Waals surface area contributed by atoms with E-state index in [-0.39, 0.29) is 17.4 Å². The Morgan fingerprint density at radius 1 is 1.11 bits per heavy atom. The van der Waals surface area contributed by atoms with Gasteiger partial charge in [0.2, 0.25) is 5.91 Å². The summed E-state index contributed by atoms with van der Waals surface area (Å²) in [5.74, 6) is 0.206. The predicted octanol–water partition coefficient (Wildman–Crippen LogP) is 5.85. The van der Waals surface area contributed by atoms with Crippen molar-refractivity contribution in [3.63, 3.8) is 0 Å². The molecule has 0 saturated carbocycles. The van der Waals surface area contributed by atoms with Gasteiger partial charge in [-0.05, 0) is 48.4 Å². The molecule has 0 N–H and O–H groups in total. The van der Waals surface area contributed by atoms with Crippen molar-refractivity contribution in [1.82, 2.24) is 4.90 Å². The van der Waals surface area contributed by atoms with Crippen LogP contribution in [0.15, 0.2) is 46.9 Å². The van der Waals surface area contributed by atoms with Gasteiger partial charge in [0.05, 0.1) is 6.04 Å². The van der Waals surface area contributed by atoms with Gasteiger partial charge >= 0.3 is 0 Å². The first-order valence-corrected chi connectivity index (χ1v) is 10.4. The Bertz CT molecular complexity index is 829. The summed E-state index contributed by atoms with van der Waals surface area (Å²) in [4.78, 5) is 17.3. The quantitative estimate of drug-likeness (QED) is 0.574. The summed E-state index contributed by atoms with van der Waals surface area (Å²) in [6.45, 7) is 10.3. The fourth-order valence-corrected chi connectivity index (χ4v) is 4.13. The third kappa shape index (κ3) is 4.49. The molecule has 1 fully saturated rings. The number of piperazine rings is 1. The van der Waals surface area contributed by atoms with Gasteiger partial charge in [0.15, 0.2) is 0 Å². The SMILES string of the molecule is Cc1cc(Cl)ccc1N1CCN(C(=O)C(C)(C)C)CC1c1ccc(Br)cc1. The first kappa shape index (κ1) is 20.2. The Labute approximate surface area is 175 Å². The van der Waals surface area contributed by atoms with Crippen LogP contribution in [0.1, 0.15) is 37.9 Å². The molecule has 2 aromatic carbocycles. The van der Waals surface area contributed by atoms with Crippen LogP contribution < -0.4 is 4.90 Å². The molecule has 1 heterocycles. The van der Waals surface area contributed by atoms with Gasteiger partial charge in [-0.3, -0.25) is 4.79 Å². The van der Waals surface area contributed by atoms with E-state index < -0.39 is 0 Å². The van der Waals surface area contributed by atoms with E-state index in [0.29, 0.717) is 6.54 Å². The van der Waals surface area contributed by atoms with Crippen molar-refractivity contribution in [3.05, 3.63) is 63.1 Å². The van der Waals surface area contributed by atoms with Crippen LogP contribution in [0.3, 0.4) is 0 Å². The molecule has 1 saturated heterocycles. The van der Waals surface area contributed by atoms with Crippen molar-refractivity contribution in [3.8, 4) is 0 Å². The predicted molar refractivity (Wildman–Crippen MR) is 116 cm³/mol. The smallest absolute Gasteiger partial charge is 0.228 e. The minimum Gasteiger partial charge on any atom is -0.361 e. The zero-order valence-corrected chi connectivity index (χ0v) is 18.6. The van der Waals surface area contributed by atoms with Gasteiger partial charge < -0.3 is 9.80 Å². The number of carbonyl (C=O) groups is 1. The van der Waals surface area contributed by atoms with Gasteiger partial charge in [-0.15, -0.1) is 0 Å². The van der Waals surface area contributed by atoms with Crippen molar-refractivity contribution >= 4 is 39.1 Å². The highest BCUT2D eigenvalue weighted by molar-refractivity contribution is 9.10. The summed E-state index contributed by atoms with van der Waals surface area (Å²) in [5, 5.41) is 0.748. The number of aryl methyl sites for hydroxylation is 1. The standard InChI is InChI=1S/C22H26BrClN2O/c1-15-13-18(24)9-10-19(15)26-12-11-25(21(27)22(2,3)4)14-20(26)16-5-7-17(23)8-6-16/h5-10,13,20H,11-12,14H2,1-4H3. The number of rotatable bonds is 2. The van der Waals surface area contributed by atoms with E-state index in [1.807, 2.05) is 37.8 Å². The number of hydrogen-bond donors (Lipinski definition) is 0. The second-order valence-electron chi connectivity index (χ2n) is 8.19.